The van der Waals surface area contributed by atoms with E-state index in [-0.39, 0.29) is 4.90 Å². The van der Waals surface area contributed by atoms with Crippen LogP contribution in [0.5, 0.6) is 0 Å². The van der Waals surface area contributed by atoms with Crippen molar-refractivity contribution in [1.29, 1.82) is 0 Å². The summed E-state index contributed by atoms with van der Waals surface area (Å²) in [6.07, 6.45) is 1.61. The second kappa shape index (κ2) is 6.72. The fourth-order valence-electron chi connectivity index (χ4n) is 2.17. The van der Waals surface area contributed by atoms with Crippen molar-refractivity contribution in [2.75, 3.05) is 10.0 Å². The Hall–Kier alpha value is -2.86. The average molecular weight is 339 g/mol. The predicted octanol–water partition coefficient (Wildman–Crippen LogP) is 3.93. The maximum atomic E-state index is 12.6. The number of nitrogens with zero attached hydrogens (tertiary/aromatic N) is 1. The van der Waals surface area contributed by atoms with Gasteiger partial charge in [-0.05, 0) is 43.3 Å². The molecule has 0 radical (unpaired) electrons. The van der Waals surface area contributed by atoms with Gasteiger partial charge in [0.25, 0.3) is 10.0 Å². The van der Waals surface area contributed by atoms with Gasteiger partial charge in [-0.3, -0.25) is 4.72 Å². The van der Waals surface area contributed by atoms with E-state index in [9.17, 15) is 8.42 Å². The fourth-order valence-corrected chi connectivity index (χ4v) is 3.23. The summed E-state index contributed by atoms with van der Waals surface area (Å²) in [7, 11) is -3.67. The molecule has 1 aromatic heterocycles. The van der Waals surface area contributed by atoms with Crippen molar-refractivity contribution >= 4 is 27.2 Å². The third kappa shape index (κ3) is 3.72. The van der Waals surface area contributed by atoms with Crippen LogP contribution in [0.1, 0.15) is 5.56 Å². The molecule has 0 aliphatic rings. The van der Waals surface area contributed by atoms with Gasteiger partial charge in [0.15, 0.2) is 5.82 Å². The largest absolute Gasteiger partial charge is 0.338 e. The molecule has 0 saturated heterocycles. The molecule has 0 unspecified atom stereocenters. The van der Waals surface area contributed by atoms with E-state index in [1.807, 2.05) is 37.3 Å². The Bertz CT molecular complexity index is 924. The van der Waals surface area contributed by atoms with Crippen molar-refractivity contribution < 1.29 is 8.42 Å². The molecule has 1 heterocycles. The summed E-state index contributed by atoms with van der Waals surface area (Å²) in [5, 5.41) is 3.12. The minimum absolute atomic E-state index is 0.211. The first-order valence-corrected chi connectivity index (χ1v) is 8.89. The highest BCUT2D eigenvalue weighted by Crippen LogP contribution is 2.25. The van der Waals surface area contributed by atoms with Crippen molar-refractivity contribution in [3.05, 3.63) is 78.5 Å². The van der Waals surface area contributed by atoms with Gasteiger partial charge in [-0.2, -0.15) is 0 Å². The van der Waals surface area contributed by atoms with Crippen LogP contribution in [-0.2, 0) is 10.0 Å². The standard InChI is InChI=1S/C18H17N3O2S/c1-14-9-11-16(12-10-14)24(22,23)21-17-8-5-13-19-18(17)20-15-6-3-2-4-7-15/h2-13,21H,1H3,(H,19,20). The lowest BCUT2D eigenvalue weighted by Crippen LogP contribution is -2.14. The van der Waals surface area contributed by atoms with E-state index in [1.54, 1.807) is 42.6 Å². The molecule has 24 heavy (non-hydrogen) atoms. The Kier molecular flexibility index (Phi) is 4.48. The van der Waals surface area contributed by atoms with Gasteiger partial charge in [-0.25, -0.2) is 13.4 Å². The molecule has 3 rings (SSSR count). The Labute approximate surface area is 141 Å². The summed E-state index contributed by atoms with van der Waals surface area (Å²) in [4.78, 5) is 4.44. The van der Waals surface area contributed by atoms with E-state index in [1.165, 1.54) is 0 Å². The zero-order valence-corrected chi connectivity index (χ0v) is 13.9. The van der Waals surface area contributed by atoms with Crippen LogP contribution in [-0.4, -0.2) is 13.4 Å². The van der Waals surface area contributed by atoms with E-state index in [4.69, 9.17) is 0 Å². The number of rotatable bonds is 5. The van der Waals surface area contributed by atoms with Gasteiger partial charge in [0.1, 0.15) is 0 Å². The van der Waals surface area contributed by atoms with Crippen molar-refractivity contribution in [2.24, 2.45) is 0 Å². The summed E-state index contributed by atoms with van der Waals surface area (Å²) in [5.41, 5.74) is 2.22. The predicted molar refractivity (Wildman–Crippen MR) is 95.9 cm³/mol. The first-order valence-electron chi connectivity index (χ1n) is 7.41. The highest BCUT2D eigenvalue weighted by molar-refractivity contribution is 7.92. The lowest BCUT2D eigenvalue weighted by Gasteiger charge is -2.13. The molecule has 0 saturated carbocycles. The van der Waals surface area contributed by atoms with Crippen LogP contribution in [0.25, 0.3) is 0 Å². The Balaban J connectivity index is 1.89. The van der Waals surface area contributed by atoms with Crippen LogP contribution in [0.2, 0.25) is 0 Å². The minimum Gasteiger partial charge on any atom is -0.338 e. The Morgan fingerprint density at radius 3 is 2.29 bits per heavy atom. The van der Waals surface area contributed by atoms with Crippen LogP contribution in [0, 0.1) is 6.92 Å². The second-order valence-corrected chi connectivity index (χ2v) is 6.99. The summed E-state index contributed by atoms with van der Waals surface area (Å²) in [6.45, 7) is 1.91. The van der Waals surface area contributed by atoms with Gasteiger partial charge in [0.05, 0.1) is 10.6 Å². The molecule has 122 valence electrons. The third-order valence-electron chi connectivity index (χ3n) is 3.42. The zero-order valence-electron chi connectivity index (χ0n) is 13.1. The van der Waals surface area contributed by atoms with E-state index >= 15 is 0 Å². The van der Waals surface area contributed by atoms with Crippen LogP contribution >= 0.6 is 0 Å². The normalized spacial score (nSPS) is 11.0. The summed E-state index contributed by atoms with van der Waals surface area (Å²) < 4.78 is 27.7. The summed E-state index contributed by atoms with van der Waals surface area (Å²) >= 11 is 0. The monoisotopic (exact) mass is 339 g/mol. The summed E-state index contributed by atoms with van der Waals surface area (Å²) in [6, 6.07) is 19.5. The molecule has 6 heteroatoms. The third-order valence-corrected chi connectivity index (χ3v) is 4.80. The molecule has 0 aliphatic carbocycles. The van der Waals surface area contributed by atoms with Crippen molar-refractivity contribution in [3.63, 3.8) is 0 Å². The molecule has 0 bridgehead atoms. The lowest BCUT2D eigenvalue weighted by atomic mass is 10.2. The molecule has 0 atom stereocenters. The zero-order chi connectivity index (χ0) is 17.0. The molecule has 2 aromatic carbocycles. The average Bonchev–Trinajstić information content (AvgIpc) is 2.58. The number of pyridine rings is 1. The number of benzene rings is 2. The van der Waals surface area contributed by atoms with Crippen LogP contribution in [0.15, 0.2) is 77.8 Å². The van der Waals surface area contributed by atoms with E-state index in [0.29, 0.717) is 11.5 Å². The quantitative estimate of drug-likeness (QED) is 0.739. The van der Waals surface area contributed by atoms with Crippen LogP contribution in [0.4, 0.5) is 17.2 Å². The number of anilines is 3. The highest BCUT2D eigenvalue weighted by atomic mass is 32.2. The first-order chi connectivity index (χ1) is 11.5. The molecule has 0 fully saturated rings. The van der Waals surface area contributed by atoms with Crippen molar-refractivity contribution in [3.8, 4) is 0 Å². The second-order valence-electron chi connectivity index (χ2n) is 5.31. The Morgan fingerprint density at radius 1 is 0.875 bits per heavy atom. The Morgan fingerprint density at radius 2 is 1.58 bits per heavy atom. The number of para-hydroxylation sites is 1. The first kappa shape index (κ1) is 16.0. The van der Waals surface area contributed by atoms with E-state index < -0.39 is 10.0 Å². The van der Waals surface area contributed by atoms with Crippen LogP contribution < -0.4 is 10.0 Å². The molecule has 0 amide bonds. The number of aryl methyl sites for hydroxylation is 1. The van der Waals surface area contributed by atoms with E-state index in [0.717, 1.165) is 11.3 Å². The van der Waals surface area contributed by atoms with Gasteiger partial charge in [0.2, 0.25) is 0 Å². The molecule has 2 N–H and O–H groups in total. The van der Waals surface area contributed by atoms with Gasteiger partial charge < -0.3 is 5.32 Å². The molecule has 5 nitrogen and oxygen atoms in total. The number of nitrogens with one attached hydrogen (secondary N) is 2. The summed E-state index contributed by atoms with van der Waals surface area (Å²) in [5.74, 6) is 0.444. The lowest BCUT2D eigenvalue weighted by molar-refractivity contribution is 0.601. The number of hydrogen-bond acceptors (Lipinski definition) is 4. The van der Waals surface area contributed by atoms with Crippen LogP contribution in [0.3, 0.4) is 0 Å². The van der Waals surface area contributed by atoms with Gasteiger partial charge in [-0.1, -0.05) is 35.9 Å². The molecule has 3 aromatic rings. The molecule has 0 aliphatic heterocycles. The minimum atomic E-state index is -3.67. The highest BCUT2D eigenvalue weighted by Gasteiger charge is 2.16. The fraction of sp³-hybridized carbons (Fsp3) is 0.0556. The smallest absolute Gasteiger partial charge is 0.262 e. The number of hydrogen-bond donors (Lipinski definition) is 2. The van der Waals surface area contributed by atoms with Crippen molar-refractivity contribution in [1.82, 2.24) is 4.98 Å². The van der Waals surface area contributed by atoms with Gasteiger partial charge >= 0.3 is 0 Å². The number of sulfonamides is 1. The maximum Gasteiger partial charge on any atom is 0.262 e. The topological polar surface area (TPSA) is 71.1 Å². The van der Waals surface area contributed by atoms with Crippen molar-refractivity contribution in [2.45, 2.75) is 11.8 Å². The van der Waals surface area contributed by atoms with E-state index in [2.05, 4.69) is 15.0 Å². The van der Waals surface area contributed by atoms with Gasteiger partial charge in [-0.15, -0.1) is 0 Å². The SMILES string of the molecule is Cc1ccc(S(=O)(=O)Nc2cccnc2Nc2ccccc2)cc1. The number of aromatic nitrogens is 1. The molecular formula is C18H17N3O2S. The maximum absolute atomic E-state index is 12.6. The molecular weight excluding hydrogens is 322 g/mol. The van der Waals surface area contributed by atoms with Gasteiger partial charge in [0, 0.05) is 11.9 Å². The molecule has 0 spiro atoms.